The maximum Gasteiger partial charge on any atom is 0.411 e. The molecule has 0 saturated heterocycles. The van der Waals surface area contributed by atoms with E-state index < -0.39 is 12.6 Å². The van der Waals surface area contributed by atoms with Gasteiger partial charge in [0.15, 0.2) is 0 Å². The molecule has 1 aromatic heterocycles. The van der Waals surface area contributed by atoms with E-state index in [1.54, 1.807) is 31.2 Å². The van der Waals surface area contributed by atoms with Crippen molar-refractivity contribution in [1.29, 1.82) is 0 Å². The molecular formula is C17H20F2N4O3. The van der Waals surface area contributed by atoms with E-state index in [1.165, 1.54) is 14.0 Å². The normalized spacial score (nSPS) is 10.7. The zero-order valence-corrected chi connectivity index (χ0v) is 14.7. The maximum absolute atomic E-state index is 12.8. The van der Waals surface area contributed by atoms with Crippen LogP contribution in [0.25, 0.3) is 0 Å². The third kappa shape index (κ3) is 4.78. The molecule has 1 heterocycles. The average Bonchev–Trinajstić information content (AvgIpc) is 2.89. The maximum atomic E-state index is 12.8. The molecule has 0 spiro atoms. The van der Waals surface area contributed by atoms with Crippen LogP contribution in [0.3, 0.4) is 0 Å². The number of carbonyl (C=O) groups excluding carboxylic acids is 2. The Balaban J connectivity index is 1.92. The predicted molar refractivity (Wildman–Crippen MR) is 91.0 cm³/mol. The van der Waals surface area contributed by atoms with Gasteiger partial charge in [-0.25, -0.2) is 9.48 Å². The van der Waals surface area contributed by atoms with Crippen LogP contribution in [0, 0.1) is 13.8 Å². The molecule has 2 amide bonds. The summed E-state index contributed by atoms with van der Waals surface area (Å²) in [6.07, 6.45) is -0.590. The third-order valence-corrected chi connectivity index (χ3v) is 3.87. The predicted octanol–water partition coefficient (Wildman–Crippen LogP) is 2.93. The number of carbonyl (C=O) groups is 2. The van der Waals surface area contributed by atoms with E-state index in [0.29, 0.717) is 21.6 Å². The first kappa shape index (κ1) is 19.4. The molecule has 26 heavy (non-hydrogen) atoms. The number of aryl methyl sites for hydroxylation is 1. The van der Waals surface area contributed by atoms with Crippen LogP contribution in [0.4, 0.5) is 19.3 Å². The third-order valence-electron chi connectivity index (χ3n) is 3.87. The van der Waals surface area contributed by atoms with Crippen molar-refractivity contribution in [3.8, 4) is 0 Å². The molecule has 2 aromatic rings. The van der Waals surface area contributed by atoms with E-state index in [0.717, 1.165) is 5.56 Å². The first-order valence-electron chi connectivity index (χ1n) is 7.85. The standard InChI is InChI=1S/C17H20F2N4O3/c1-10-14(11(2)23(22-10)16(18)19)8-15(24)20-9-12-4-6-13(7-5-12)21-17(25)26-3/h4-7,16H,8-9H2,1-3H3,(H,20,24)(H,21,25). The number of ether oxygens (including phenoxy) is 1. The van der Waals surface area contributed by atoms with Crippen LogP contribution >= 0.6 is 0 Å². The molecular weight excluding hydrogens is 346 g/mol. The number of hydrogen-bond donors (Lipinski definition) is 2. The molecule has 0 fully saturated rings. The Morgan fingerprint density at radius 2 is 1.88 bits per heavy atom. The zero-order chi connectivity index (χ0) is 19.3. The molecule has 2 N–H and O–H groups in total. The number of hydrogen-bond acceptors (Lipinski definition) is 4. The fourth-order valence-electron chi connectivity index (χ4n) is 2.44. The number of rotatable bonds is 6. The summed E-state index contributed by atoms with van der Waals surface area (Å²) in [5.41, 5.74) is 2.59. The lowest BCUT2D eigenvalue weighted by Crippen LogP contribution is -2.25. The lowest BCUT2D eigenvalue weighted by atomic mass is 10.1. The molecule has 1 aromatic carbocycles. The van der Waals surface area contributed by atoms with Crippen molar-refractivity contribution in [1.82, 2.24) is 15.1 Å². The number of halogens is 2. The highest BCUT2D eigenvalue weighted by atomic mass is 19.3. The van der Waals surface area contributed by atoms with Gasteiger partial charge in [0.05, 0.1) is 19.2 Å². The number of anilines is 1. The number of benzene rings is 1. The molecule has 7 nitrogen and oxygen atoms in total. The highest BCUT2D eigenvalue weighted by Crippen LogP contribution is 2.19. The summed E-state index contributed by atoms with van der Waals surface area (Å²) >= 11 is 0. The van der Waals surface area contributed by atoms with Gasteiger partial charge in [-0.05, 0) is 31.5 Å². The van der Waals surface area contributed by atoms with Gasteiger partial charge >= 0.3 is 12.6 Å². The fourth-order valence-corrected chi connectivity index (χ4v) is 2.44. The minimum absolute atomic E-state index is 0.0215. The summed E-state index contributed by atoms with van der Waals surface area (Å²) < 4.78 is 30.8. The second kappa shape index (κ2) is 8.41. The van der Waals surface area contributed by atoms with Crippen molar-refractivity contribution in [3.05, 3.63) is 46.8 Å². The molecule has 9 heteroatoms. The topological polar surface area (TPSA) is 85.2 Å². The first-order chi connectivity index (χ1) is 12.3. The number of aromatic nitrogens is 2. The molecule has 0 aliphatic rings. The molecule has 0 unspecified atom stereocenters. The highest BCUT2D eigenvalue weighted by Gasteiger charge is 2.19. The number of methoxy groups -OCH3 is 1. The second-order valence-electron chi connectivity index (χ2n) is 5.64. The molecule has 0 aliphatic carbocycles. The number of nitrogens with zero attached hydrogens (tertiary/aromatic N) is 2. The first-order valence-corrected chi connectivity index (χ1v) is 7.85. The largest absolute Gasteiger partial charge is 0.453 e. The molecule has 2 rings (SSSR count). The Labute approximate surface area is 149 Å². The van der Waals surface area contributed by atoms with Crippen molar-refractivity contribution >= 4 is 17.7 Å². The Morgan fingerprint density at radius 1 is 1.23 bits per heavy atom. The Bertz CT molecular complexity index is 788. The summed E-state index contributed by atoms with van der Waals surface area (Å²) in [6, 6.07) is 6.85. The summed E-state index contributed by atoms with van der Waals surface area (Å²) in [5.74, 6) is -0.290. The van der Waals surface area contributed by atoms with Gasteiger partial charge in [-0.15, -0.1) is 0 Å². The van der Waals surface area contributed by atoms with E-state index in [1.807, 2.05) is 0 Å². The average molecular weight is 366 g/mol. The monoisotopic (exact) mass is 366 g/mol. The van der Waals surface area contributed by atoms with Gasteiger partial charge in [0.1, 0.15) is 0 Å². The van der Waals surface area contributed by atoms with Crippen LogP contribution in [-0.2, 0) is 22.5 Å². The Morgan fingerprint density at radius 3 is 2.42 bits per heavy atom. The molecule has 0 bridgehead atoms. The second-order valence-corrected chi connectivity index (χ2v) is 5.64. The molecule has 140 valence electrons. The van der Waals surface area contributed by atoms with Gasteiger partial charge < -0.3 is 10.1 Å². The van der Waals surface area contributed by atoms with Gasteiger partial charge in [-0.2, -0.15) is 13.9 Å². The Kier molecular flexibility index (Phi) is 6.26. The fraction of sp³-hybridized carbons (Fsp3) is 0.353. The number of nitrogens with one attached hydrogen (secondary N) is 2. The van der Waals surface area contributed by atoms with Gasteiger partial charge in [-0.1, -0.05) is 12.1 Å². The van der Waals surface area contributed by atoms with Crippen LogP contribution in [0.15, 0.2) is 24.3 Å². The van der Waals surface area contributed by atoms with Gasteiger partial charge in [0.25, 0.3) is 0 Å². The SMILES string of the molecule is COC(=O)Nc1ccc(CNC(=O)Cc2c(C)nn(C(F)F)c2C)cc1. The molecule has 0 saturated carbocycles. The minimum Gasteiger partial charge on any atom is -0.453 e. The number of alkyl halides is 2. The van der Waals surface area contributed by atoms with Crippen LogP contribution in [0.1, 0.15) is 29.1 Å². The quantitative estimate of drug-likeness (QED) is 0.823. The van der Waals surface area contributed by atoms with E-state index in [-0.39, 0.29) is 24.6 Å². The minimum atomic E-state index is -2.73. The highest BCUT2D eigenvalue weighted by molar-refractivity contribution is 5.84. The molecule has 0 radical (unpaired) electrons. The van der Waals surface area contributed by atoms with Gasteiger partial charge in [-0.3, -0.25) is 10.1 Å². The number of amides is 2. The lowest BCUT2D eigenvalue weighted by Gasteiger charge is -2.08. The van der Waals surface area contributed by atoms with Gasteiger partial charge in [0.2, 0.25) is 5.91 Å². The lowest BCUT2D eigenvalue weighted by molar-refractivity contribution is -0.120. The Hall–Kier alpha value is -2.97. The van der Waals surface area contributed by atoms with E-state index in [2.05, 4.69) is 20.5 Å². The van der Waals surface area contributed by atoms with Crippen molar-refractivity contribution in [2.24, 2.45) is 0 Å². The smallest absolute Gasteiger partial charge is 0.411 e. The van der Waals surface area contributed by atoms with E-state index >= 15 is 0 Å². The van der Waals surface area contributed by atoms with Gasteiger partial charge in [0, 0.05) is 23.5 Å². The molecule has 0 aliphatic heterocycles. The summed E-state index contributed by atoms with van der Waals surface area (Å²) in [5, 5.41) is 9.02. The summed E-state index contributed by atoms with van der Waals surface area (Å²) in [7, 11) is 1.27. The van der Waals surface area contributed by atoms with E-state index in [4.69, 9.17) is 0 Å². The van der Waals surface area contributed by atoms with Crippen LogP contribution in [-0.4, -0.2) is 28.9 Å². The van der Waals surface area contributed by atoms with Crippen LogP contribution < -0.4 is 10.6 Å². The molecule has 0 atom stereocenters. The van der Waals surface area contributed by atoms with Crippen molar-refractivity contribution in [2.45, 2.75) is 33.4 Å². The van der Waals surface area contributed by atoms with Crippen molar-refractivity contribution in [2.75, 3.05) is 12.4 Å². The van der Waals surface area contributed by atoms with E-state index in [9.17, 15) is 18.4 Å². The van der Waals surface area contributed by atoms with Crippen LogP contribution in [0.2, 0.25) is 0 Å². The zero-order valence-electron chi connectivity index (χ0n) is 14.7. The van der Waals surface area contributed by atoms with Crippen molar-refractivity contribution in [3.63, 3.8) is 0 Å². The van der Waals surface area contributed by atoms with Crippen molar-refractivity contribution < 1.29 is 23.1 Å². The van der Waals surface area contributed by atoms with Crippen LogP contribution in [0.5, 0.6) is 0 Å². The summed E-state index contributed by atoms with van der Waals surface area (Å²) in [6.45, 7) is 0.657. The summed E-state index contributed by atoms with van der Waals surface area (Å²) in [4.78, 5) is 23.2.